The summed E-state index contributed by atoms with van der Waals surface area (Å²) in [5.41, 5.74) is 0. The van der Waals surface area contributed by atoms with Gasteiger partial charge in [0.25, 0.3) is 0 Å². The number of ether oxygens (including phenoxy) is 1. The van der Waals surface area contributed by atoms with Crippen LogP contribution in [0.5, 0.6) is 0 Å². The predicted octanol–water partition coefficient (Wildman–Crippen LogP) is 2.02. The van der Waals surface area contributed by atoms with Crippen molar-refractivity contribution in [2.45, 2.75) is 63.5 Å². The van der Waals surface area contributed by atoms with E-state index >= 15 is 0 Å². The summed E-state index contributed by atoms with van der Waals surface area (Å²) >= 11 is 0. The highest BCUT2D eigenvalue weighted by Crippen LogP contribution is 2.20. The van der Waals surface area contributed by atoms with Crippen LogP contribution < -0.4 is 10.6 Å². The lowest BCUT2D eigenvalue weighted by molar-refractivity contribution is -0.122. The summed E-state index contributed by atoms with van der Waals surface area (Å²) in [5, 5.41) is 6.19. The standard InChI is InChI=1S/C14H26N2O2.ClH/c17-14(13-8-4-9-15-13)16-10-5-11-18-12-6-2-1-3-7-12;/h12-13,15H,1-11H2,(H,16,17);1H. The lowest BCUT2D eigenvalue weighted by atomic mass is 9.98. The van der Waals surface area contributed by atoms with E-state index in [4.69, 9.17) is 4.74 Å². The van der Waals surface area contributed by atoms with E-state index in [1.165, 1.54) is 32.1 Å². The topological polar surface area (TPSA) is 50.4 Å². The van der Waals surface area contributed by atoms with E-state index < -0.39 is 0 Å². The zero-order chi connectivity index (χ0) is 12.6. The van der Waals surface area contributed by atoms with Gasteiger partial charge in [-0.3, -0.25) is 4.79 Å². The van der Waals surface area contributed by atoms with Gasteiger partial charge in [-0.15, -0.1) is 12.4 Å². The minimum Gasteiger partial charge on any atom is -0.378 e. The molecule has 1 aliphatic carbocycles. The van der Waals surface area contributed by atoms with Crippen molar-refractivity contribution in [1.82, 2.24) is 10.6 Å². The number of hydrogen-bond donors (Lipinski definition) is 2. The minimum atomic E-state index is 0. The number of amides is 1. The van der Waals surface area contributed by atoms with Crippen molar-refractivity contribution in [3.63, 3.8) is 0 Å². The highest BCUT2D eigenvalue weighted by Gasteiger charge is 2.21. The zero-order valence-corrected chi connectivity index (χ0v) is 12.5. The van der Waals surface area contributed by atoms with E-state index in [9.17, 15) is 4.79 Å². The third kappa shape index (κ3) is 6.11. The molecule has 0 bridgehead atoms. The fraction of sp³-hybridized carbons (Fsp3) is 0.929. The Morgan fingerprint density at radius 3 is 2.63 bits per heavy atom. The molecule has 1 saturated heterocycles. The molecule has 2 aliphatic rings. The van der Waals surface area contributed by atoms with Gasteiger partial charge in [-0.1, -0.05) is 19.3 Å². The molecule has 1 heterocycles. The summed E-state index contributed by atoms with van der Waals surface area (Å²) < 4.78 is 5.82. The van der Waals surface area contributed by atoms with E-state index in [1.54, 1.807) is 0 Å². The Morgan fingerprint density at radius 1 is 1.16 bits per heavy atom. The first kappa shape index (κ1) is 16.7. The van der Waals surface area contributed by atoms with E-state index in [0.717, 1.165) is 39.0 Å². The van der Waals surface area contributed by atoms with Crippen molar-refractivity contribution in [3.8, 4) is 0 Å². The van der Waals surface area contributed by atoms with Crippen LogP contribution in [-0.4, -0.2) is 37.7 Å². The summed E-state index contributed by atoms with van der Waals surface area (Å²) in [7, 11) is 0. The van der Waals surface area contributed by atoms with Crippen LogP contribution in [0.1, 0.15) is 51.4 Å². The molecular weight excluding hydrogens is 264 g/mol. The van der Waals surface area contributed by atoms with Gasteiger partial charge in [-0.2, -0.15) is 0 Å². The maximum absolute atomic E-state index is 11.7. The van der Waals surface area contributed by atoms with Crippen molar-refractivity contribution in [3.05, 3.63) is 0 Å². The molecular formula is C14H27ClN2O2. The monoisotopic (exact) mass is 290 g/mol. The van der Waals surface area contributed by atoms with Gasteiger partial charge >= 0.3 is 0 Å². The van der Waals surface area contributed by atoms with Crippen LogP contribution in [0.15, 0.2) is 0 Å². The molecule has 0 spiro atoms. The second kappa shape index (κ2) is 9.56. The van der Waals surface area contributed by atoms with Crippen molar-refractivity contribution in [2.24, 2.45) is 0 Å². The van der Waals surface area contributed by atoms with Gasteiger partial charge in [-0.25, -0.2) is 0 Å². The molecule has 0 aromatic heterocycles. The average molecular weight is 291 g/mol. The average Bonchev–Trinajstić information content (AvgIpc) is 2.93. The third-order valence-electron chi connectivity index (χ3n) is 3.90. The Morgan fingerprint density at radius 2 is 1.95 bits per heavy atom. The van der Waals surface area contributed by atoms with E-state index in [2.05, 4.69) is 10.6 Å². The summed E-state index contributed by atoms with van der Waals surface area (Å²) in [6.45, 7) is 2.50. The molecule has 2 fully saturated rings. The summed E-state index contributed by atoms with van der Waals surface area (Å²) in [4.78, 5) is 11.7. The Labute approximate surface area is 122 Å². The second-order valence-corrected chi connectivity index (χ2v) is 5.42. The quantitative estimate of drug-likeness (QED) is 0.736. The summed E-state index contributed by atoms with van der Waals surface area (Å²) in [6.07, 6.45) is 9.93. The SMILES string of the molecule is Cl.O=C(NCCCOC1CCCCC1)C1CCCN1. The van der Waals surface area contributed by atoms with Gasteiger partial charge in [0.05, 0.1) is 12.1 Å². The number of rotatable bonds is 6. The van der Waals surface area contributed by atoms with Crippen LogP contribution in [0.4, 0.5) is 0 Å². The molecule has 0 aromatic carbocycles. The number of carbonyl (C=O) groups excluding carboxylic acids is 1. The normalized spacial score (nSPS) is 23.9. The largest absolute Gasteiger partial charge is 0.378 e. The molecule has 2 N–H and O–H groups in total. The Bertz CT molecular complexity index is 252. The van der Waals surface area contributed by atoms with Crippen LogP contribution in [0.3, 0.4) is 0 Å². The molecule has 5 heteroatoms. The van der Waals surface area contributed by atoms with Gasteiger partial charge in [0, 0.05) is 13.2 Å². The highest BCUT2D eigenvalue weighted by atomic mass is 35.5. The maximum atomic E-state index is 11.7. The van der Waals surface area contributed by atoms with E-state index in [1.807, 2.05) is 0 Å². The van der Waals surface area contributed by atoms with Crippen molar-refractivity contribution < 1.29 is 9.53 Å². The van der Waals surface area contributed by atoms with Crippen LogP contribution >= 0.6 is 12.4 Å². The molecule has 0 aromatic rings. The van der Waals surface area contributed by atoms with Crippen molar-refractivity contribution >= 4 is 18.3 Å². The molecule has 2 rings (SSSR count). The fourth-order valence-electron chi connectivity index (χ4n) is 2.80. The number of halogens is 1. The number of carbonyl (C=O) groups is 1. The molecule has 1 amide bonds. The fourth-order valence-corrected chi connectivity index (χ4v) is 2.80. The summed E-state index contributed by atoms with van der Waals surface area (Å²) in [5.74, 6) is 0.158. The van der Waals surface area contributed by atoms with Gasteiger partial charge in [0.1, 0.15) is 0 Å². The molecule has 0 radical (unpaired) electrons. The Hall–Kier alpha value is -0.320. The van der Waals surface area contributed by atoms with Crippen LogP contribution in [0.2, 0.25) is 0 Å². The van der Waals surface area contributed by atoms with Gasteiger partial charge in [0.15, 0.2) is 0 Å². The van der Waals surface area contributed by atoms with Crippen LogP contribution in [0.25, 0.3) is 0 Å². The first-order valence-corrected chi connectivity index (χ1v) is 7.49. The maximum Gasteiger partial charge on any atom is 0.237 e. The van der Waals surface area contributed by atoms with Gasteiger partial charge in [-0.05, 0) is 38.6 Å². The van der Waals surface area contributed by atoms with Crippen molar-refractivity contribution in [1.29, 1.82) is 0 Å². The first-order valence-electron chi connectivity index (χ1n) is 7.49. The van der Waals surface area contributed by atoms with E-state index in [0.29, 0.717) is 6.10 Å². The van der Waals surface area contributed by atoms with Crippen molar-refractivity contribution in [2.75, 3.05) is 19.7 Å². The predicted molar refractivity (Wildman–Crippen MR) is 78.7 cm³/mol. The van der Waals surface area contributed by atoms with Gasteiger partial charge < -0.3 is 15.4 Å². The zero-order valence-electron chi connectivity index (χ0n) is 11.7. The third-order valence-corrected chi connectivity index (χ3v) is 3.90. The Balaban J connectivity index is 0.00000180. The van der Waals surface area contributed by atoms with Gasteiger partial charge in [0.2, 0.25) is 5.91 Å². The molecule has 1 unspecified atom stereocenters. The second-order valence-electron chi connectivity index (χ2n) is 5.42. The molecule has 112 valence electrons. The van der Waals surface area contributed by atoms with Crippen LogP contribution in [-0.2, 0) is 9.53 Å². The molecule has 4 nitrogen and oxygen atoms in total. The first-order chi connectivity index (χ1) is 8.86. The molecule has 1 aliphatic heterocycles. The minimum absolute atomic E-state index is 0. The molecule has 1 saturated carbocycles. The smallest absolute Gasteiger partial charge is 0.237 e. The molecule has 1 atom stereocenters. The lowest BCUT2D eigenvalue weighted by Crippen LogP contribution is -2.40. The van der Waals surface area contributed by atoms with E-state index in [-0.39, 0.29) is 24.4 Å². The number of nitrogens with one attached hydrogen (secondary N) is 2. The lowest BCUT2D eigenvalue weighted by Gasteiger charge is -2.22. The highest BCUT2D eigenvalue weighted by molar-refractivity contribution is 5.85. The summed E-state index contributed by atoms with van der Waals surface area (Å²) in [6, 6.07) is 0.0456. The Kier molecular flexibility index (Phi) is 8.42. The van der Waals surface area contributed by atoms with Crippen LogP contribution in [0, 0.1) is 0 Å². The number of hydrogen-bond acceptors (Lipinski definition) is 3. The molecule has 19 heavy (non-hydrogen) atoms.